The van der Waals surface area contributed by atoms with E-state index in [2.05, 4.69) is 29.2 Å². The largest absolute Gasteiger partial charge is 0.480 e. The quantitative estimate of drug-likeness (QED) is 0.744. The average molecular weight is 356 g/mol. The van der Waals surface area contributed by atoms with Crippen LogP contribution in [0.1, 0.15) is 55.1 Å². The molecule has 1 aromatic heterocycles. The van der Waals surface area contributed by atoms with Crippen molar-refractivity contribution in [3.63, 3.8) is 0 Å². The van der Waals surface area contributed by atoms with Crippen LogP contribution < -0.4 is 5.32 Å². The zero-order valence-corrected chi connectivity index (χ0v) is 15.4. The number of aliphatic carboxylic acids is 1. The van der Waals surface area contributed by atoms with Gasteiger partial charge in [-0.05, 0) is 37.8 Å². The molecule has 26 heavy (non-hydrogen) atoms. The van der Waals surface area contributed by atoms with E-state index in [0.717, 1.165) is 11.3 Å². The molecule has 0 fully saturated rings. The third-order valence-corrected chi connectivity index (χ3v) is 3.97. The Labute approximate surface area is 152 Å². The zero-order valence-electron chi connectivity index (χ0n) is 15.4. The predicted molar refractivity (Wildman–Crippen MR) is 98.5 cm³/mol. The summed E-state index contributed by atoms with van der Waals surface area (Å²) in [6, 6.07) is 6.77. The third-order valence-electron chi connectivity index (χ3n) is 3.97. The number of carbonyl (C=O) groups is 2. The van der Waals surface area contributed by atoms with E-state index < -0.39 is 17.9 Å². The number of allylic oxidation sites excluding steroid dienone is 1. The molecule has 7 heteroatoms. The van der Waals surface area contributed by atoms with Gasteiger partial charge in [-0.25, -0.2) is 14.5 Å². The SMILES string of the molecule is C/C=C/CC(NC(=O)c1nc(C)n(-c2ccccc2C(C)C)n1)C(=O)O. The Morgan fingerprint density at radius 1 is 1.31 bits per heavy atom. The topological polar surface area (TPSA) is 97.1 Å². The Balaban J connectivity index is 2.30. The molecular weight excluding hydrogens is 332 g/mol. The van der Waals surface area contributed by atoms with E-state index in [9.17, 15) is 14.7 Å². The summed E-state index contributed by atoms with van der Waals surface area (Å²) in [5, 5.41) is 16.0. The van der Waals surface area contributed by atoms with Crippen LogP contribution in [0.2, 0.25) is 0 Å². The van der Waals surface area contributed by atoms with Gasteiger partial charge in [0, 0.05) is 0 Å². The fourth-order valence-electron chi connectivity index (χ4n) is 2.60. The minimum Gasteiger partial charge on any atom is -0.480 e. The third kappa shape index (κ3) is 4.36. The Hall–Kier alpha value is -2.96. The molecule has 1 aromatic carbocycles. The molecule has 1 unspecified atom stereocenters. The predicted octanol–water partition coefficient (Wildman–Crippen LogP) is 2.85. The molecule has 0 spiro atoms. The highest BCUT2D eigenvalue weighted by molar-refractivity contribution is 5.93. The van der Waals surface area contributed by atoms with Gasteiger partial charge in [0.15, 0.2) is 0 Å². The minimum atomic E-state index is -1.10. The number of aromatic nitrogens is 3. The fourth-order valence-corrected chi connectivity index (χ4v) is 2.60. The van der Waals surface area contributed by atoms with E-state index in [1.807, 2.05) is 24.3 Å². The maximum Gasteiger partial charge on any atom is 0.326 e. The van der Waals surface area contributed by atoms with Crippen molar-refractivity contribution in [3.05, 3.63) is 53.6 Å². The summed E-state index contributed by atoms with van der Waals surface area (Å²) < 4.78 is 1.62. The van der Waals surface area contributed by atoms with Crippen molar-refractivity contribution in [2.24, 2.45) is 0 Å². The van der Waals surface area contributed by atoms with Crippen molar-refractivity contribution in [1.82, 2.24) is 20.1 Å². The lowest BCUT2D eigenvalue weighted by Crippen LogP contribution is -2.40. The van der Waals surface area contributed by atoms with E-state index >= 15 is 0 Å². The summed E-state index contributed by atoms with van der Waals surface area (Å²) in [4.78, 5) is 27.9. The van der Waals surface area contributed by atoms with Gasteiger partial charge in [-0.3, -0.25) is 4.79 Å². The van der Waals surface area contributed by atoms with Gasteiger partial charge in [0.05, 0.1) is 5.69 Å². The maximum absolute atomic E-state index is 12.4. The molecule has 2 rings (SSSR count). The number of hydrogen-bond acceptors (Lipinski definition) is 4. The van der Waals surface area contributed by atoms with Crippen molar-refractivity contribution < 1.29 is 14.7 Å². The molecule has 2 aromatic rings. The van der Waals surface area contributed by atoms with Crippen LogP contribution in [-0.2, 0) is 4.79 Å². The molecular formula is C19H24N4O3. The molecule has 7 nitrogen and oxygen atoms in total. The lowest BCUT2D eigenvalue weighted by Gasteiger charge is -2.13. The van der Waals surface area contributed by atoms with E-state index in [4.69, 9.17) is 0 Å². The second kappa shape index (κ2) is 8.42. The van der Waals surface area contributed by atoms with Gasteiger partial charge < -0.3 is 10.4 Å². The van der Waals surface area contributed by atoms with Crippen molar-refractivity contribution in [2.45, 2.75) is 46.1 Å². The maximum atomic E-state index is 12.4. The molecule has 0 aliphatic heterocycles. The molecule has 0 aliphatic rings. The summed E-state index contributed by atoms with van der Waals surface area (Å²) in [6.07, 6.45) is 3.63. The number of carboxylic acids is 1. The zero-order chi connectivity index (χ0) is 19.3. The van der Waals surface area contributed by atoms with Gasteiger partial charge in [0.1, 0.15) is 11.9 Å². The summed E-state index contributed by atoms with van der Waals surface area (Å²) in [7, 11) is 0. The highest BCUT2D eigenvalue weighted by Gasteiger charge is 2.23. The summed E-state index contributed by atoms with van der Waals surface area (Å²) in [6.45, 7) is 7.71. The van der Waals surface area contributed by atoms with Gasteiger partial charge in [-0.1, -0.05) is 44.2 Å². The Kier molecular flexibility index (Phi) is 6.27. The molecule has 0 radical (unpaired) electrons. The van der Waals surface area contributed by atoms with Crippen LogP contribution in [0.3, 0.4) is 0 Å². The van der Waals surface area contributed by atoms with Crippen LogP contribution >= 0.6 is 0 Å². The van der Waals surface area contributed by atoms with Gasteiger partial charge in [-0.15, -0.1) is 5.10 Å². The summed E-state index contributed by atoms with van der Waals surface area (Å²) >= 11 is 0. The molecule has 0 aliphatic carbocycles. The molecule has 1 atom stereocenters. The summed E-state index contributed by atoms with van der Waals surface area (Å²) in [5.74, 6) is -0.913. The number of hydrogen-bond donors (Lipinski definition) is 2. The first-order valence-corrected chi connectivity index (χ1v) is 8.53. The van der Waals surface area contributed by atoms with Crippen LogP contribution in [0.4, 0.5) is 0 Å². The molecule has 0 saturated carbocycles. The number of carboxylic acid groups (broad SMARTS) is 1. The van der Waals surface area contributed by atoms with E-state index in [1.165, 1.54) is 0 Å². The minimum absolute atomic E-state index is 0.0483. The van der Waals surface area contributed by atoms with E-state index in [1.54, 1.807) is 30.7 Å². The Morgan fingerprint density at radius 2 is 2.00 bits per heavy atom. The number of nitrogens with zero attached hydrogens (tertiary/aromatic N) is 3. The first-order chi connectivity index (χ1) is 12.3. The Bertz CT molecular complexity index is 824. The molecule has 0 bridgehead atoms. The molecule has 1 heterocycles. The smallest absolute Gasteiger partial charge is 0.326 e. The van der Waals surface area contributed by atoms with E-state index in [0.29, 0.717) is 5.82 Å². The lowest BCUT2D eigenvalue weighted by atomic mass is 10.0. The molecule has 0 saturated heterocycles. The van der Waals surface area contributed by atoms with Gasteiger partial charge in [-0.2, -0.15) is 0 Å². The monoisotopic (exact) mass is 356 g/mol. The number of amides is 1. The fraction of sp³-hybridized carbons (Fsp3) is 0.368. The molecule has 1 amide bonds. The van der Waals surface area contributed by atoms with Crippen LogP contribution in [0, 0.1) is 6.92 Å². The number of para-hydroxylation sites is 1. The second-order valence-corrected chi connectivity index (χ2v) is 6.28. The molecule has 138 valence electrons. The van der Waals surface area contributed by atoms with Crippen LogP contribution in [0.25, 0.3) is 5.69 Å². The van der Waals surface area contributed by atoms with Crippen LogP contribution in [0.15, 0.2) is 36.4 Å². The first-order valence-electron chi connectivity index (χ1n) is 8.53. The van der Waals surface area contributed by atoms with Gasteiger partial charge in [0.2, 0.25) is 5.82 Å². The normalized spacial score (nSPS) is 12.5. The van der Waals surface area contributed by atoms with Gasteiger partial charge in [0.25, 0.3) is 5.91 Å². The number of benzene rings is 1. The van der Waals surface area contributed by atoms with Crippen molar-refractivity contribution >= 4 is 11.9 Å². The van der Waals surface area contributed by atoms with Crippen molar-refractivity contribution in [3.8, 4) is 5.69 Å². The number of aryl methyl sites for hydroxylation is 1. The summed E-state index contributed by atoms with van der Waals surface area (Å²) in [5.41, 5.74) is 1.94. The van der Waals surface area contributed by atoms with E-state index in [-0.39, 0.29) is 18.2 Å². The van der Waals surface area contributed by atoms with Crippen molar-refractivity contribution in [1.29, 1.82) is 0 Å². The highest BCUT2D eigenvalue weighted by atomic mass is 16.4. The Morgan fingerprint density at radius 3 is 2.62 bits per heavy atom. The number of nitrogens with one attached hydrogen (secondary N) is 1. The van der Waals surface area contributed by atoms with Gasteiger partial charge >= 0.3 is 5.97 Å². The second-order valence-electron chi connectivity index (χ2n) is 6.28. The molecule has 2 N–H and O–H groups in total. The van der Waals surface area contributed by atoms with Crippen LogP contribution in [-0.4, -0.2) is 37.8 Å². The lowest BCUT2D eigenvalue weighted by molar-refractivity contribution is -0.139. The van der Waals surface area contributed by atoms with Crippen molar-refractivity contribution in [2.75, 3.05) is 0 Å². The number of carbonyl (C=O) groups excluding carboxylic acids is 1. The standard InChI is InChI=1S/C19H24N4O3/c1-5-6-10-15(19(25)26)21-18(24)17-20-13(4)23(22-17)16-11-8-7-9-14(16)12(2)3/h5-9,11-12,15H,10H2,1-4H3,(H,21,24)(H,25,26)/b6-5+. The first kappa shape index (κ1) is 19.4. The highest BCUT2D eigenvalue weighted by Crippen LogP contribution is 2.23. The number of rotatable bonds is 7. The average Bonchev–Trinajstić information content (AvgIpc) is 2.99. The van der Waals surface area contributed by atoms with Crippen LogP contribution in [0.5, 0.6) is 0 Å².